The van der Waals surface area contributed by atoms with E-state index in [0.717, 1.165) is 0 Å². The predicted octanol–water partition coefficient (Wildman–Crippen LogP) is 5.24. The third-order valence-corrected chi connectivity index (χ3v) is 8.78. The topological polar surface area (TPSA) is 128 Å². The average Bonchev–Trinajstić information content (AvgIpc) is 3.25. The SMILES string of the molecule is CCc1cc(=O)c2ccc(OCc3cccc(OC(=O)OC)c3)c(COC(=O)[C@]34CC[C@](C)(C(=O)O3)C4(C)C)c2o1. The molecular formula is C31H32O10. The van der Waals surface area contributed by atoms with Crippen molar-refractivity contribution < 1.29 is 42.5 Å². The molecule has 1 saturated carbocycles. The van der Waals surface area contributed by atoms with Crippen LogP contribution in [0, 0.1) is 10.8 Å². The van der Waals surface area contributed by atoms with Gasteiger partial charge in [0, 0.05) is 17.9 Å². The molecule has 1 aromatic heterocycles. The molecule has 10 heteroatoms. The van der Waals surface area contributed by atoms with Crippen LogP contribution in [-0.2, 0) is 43.4 Å². The first kappa shape index (κ1) is 28.2. The highest BCUT2D eigenvalue weighted by molar-refractivity contribution is 5.94. The lowest BCUT2D eigenvalue weighted by Crippen LogP contribution is -2.48. The van der Waals surface area contributed by atoms with Crippen molar-refractivity contribution in [2.75, 3.05) is 7.11 Å². The van der Waals surface area contributed by atoms with Crippen LogP contribution >= 0.6 is 0 Å². The first-order valence-electron chi connectivity index (χ1n) is 13.4. The molecule has 2 aromatic carbocycles. The number of carbonyl (C=O) groups excluding carboxylic acids is 3. The molecule has 10 nitrogen and oxygen atoms in total. The Morgan fingerprint density at radius 2 is 1.78 bits per heavy atom. The number of carbonyl (C=O) groups is 3. The minimum absolute atomic E-state index is 0.0649. The second kappa shape index (κ2) is 10.2. The van der Waals surface area contributed by atoms with Crippen LogP contribution in [0.25, 0.3) is 11.0 Å². The lowest BCUT2D eigenvalue weighted by atomic mass is 9.66. The van der Waals surface area contributed by atoms with Crippen LogP contribution in [0.2, 0.25) is 0 Å². The molecule has 2 fully saturated rings. The summed E-state index contributed by atoms with van der Waals surface area (Å²) in [4.78, 5) is 50.6. The molecule has 2 atom stereocenters. The fraction of sp³-hybridized carbons (Fsp3) is 0.419. The summed E-state index contributed by atoms with van der Waals surface area (Å²) in [5.74, 6) is 0.0210. The van der Waals surface area contributed by atoms with Crippen LogP contribution in [0.3, 0.4) is 0 Å². The van der Waals surface area contributed by atoms with Crippen molar-refractivity contribution >= 4 is 29.1 Å². The Hall–Kier alpha value is -4.34. The fourth-order valence-corrected chi connectivity index (χ4v) is 5.71. The summed E-state index contributed by atoms with van der Waals surface area (Å²) >= 11 is 0. The Morgan fingerprint density at radius 1 is 1.00 bits per heavy atom. The second-order valence-corrected chi connectivity index (χ2v) is 11.1. The van der Waals surface area contributed by atoms with E-state index < -0.39 is 34.5 Å². The number of fused-ring (bicyclic) bond motifs is 3. The van der Waals surface area contributed by atoms with E-state index in [9.17, 15) is 19.2 Å². The monoisotopic (exact) mass is 564 g/mol. The van der Waals surface area contributed by atoms with Gasteiger partial charge in [0.05, 0.1) is 23.5 Å². The van der Waals surface area contributed by atoms with Crippen molar-refractivity contribution in [2.45, 2.75) is 65.8 Å². The van der Waals surface area contributed by atoms with Crippen molar-refractivity contribution in [3.63, 3.8) is 0 Å². The van der Waals surface area contributed by atoms with Crippen LogP contribution in [0.5, 0.6) is 11.5 Å². The van der Waals surface area contributed by atoms with Crippen molar-refractivity contribution in [2.24, 2.45) is 10.8 Å². The predicted molar refractivity (Wildman–Crippen MR) is 145 cm³/mol. The zero-order valence-corrected chi connectivity index (χ0v) is 23.7. The van der Waals surface area contributed by atoms with Gasteiger partial charge in [-0.25, -0.2) is 9.59 Å². The van der Waals surface area contributed by atoms with Crippen LogP contribution in [0.1, 0.15) is 57.4 Å². The molecule has 1 saturated heterocycles. The van der Waals surface area contributed by atoms with Crippen LogP contribution in [0.4, 0.5) is 4.79 Å². The number of hydrogen-bond acceptors (Lipinski definition) is 10. The van der Waals surface area contributed by atoms with E-state index in [1.807, 2.05) is 27.7 Å². The first-order chi connectivity index (χ1) is 19.5. The lowest BCUT2D eigenvalue weighted by Gasteiger charge is -2.34. The molecule has 0 radical (unpaired) electrons. The minimum atomic E-state index is -1.40. The highest BCUT2D eigenvalue weighted by Crippen LogP contribution is 2.65. The van der Waals surface area contributed by atoms with Gasteiger partial charge in [0.25, 0.3) is 0 Å². The summed E-state index contributed by atoms with van der Waals surface area (Å²) in [6.07, 6.45) is 0.513. The van der Waals surface area contributed by atoms with Gasteiger partial charge < -0.3 is 28.1 Å². The summed E-state index contributed by atoms with van der Waals surface area (Å²) in [5, 5.41) is 0.313. The van der Waals surface area contributed by atoms with Crippen molar-refractivity contribution in [3.05, 3.63) is 69.6 Å². The third-order valence-electron chi connectivity index (χ3n) is 8.78. The second-order valence-electron chi connectivity index (χ2n) is 11.1. The van der Waals surface area contributed by atoms with Gasteiger partial charge in [-0.2, -0.15) is 0 Å². The third kappa shape index (κ3) is 4.51. The largest absolute Gasteiger partial charge is 0.513 e. The van der Waals surface area contributed by atoms with Gasteiger partial charge >= 0.3 is 18.1 Å². The standard InChI is InChI=1S/C31H32O10/c1-6-19-15-23(32)21-10-11-24(37-16-18-8-7-9-20(14-18)40-28(35)36-5)22(25(21)39-19)17-38-27(34)31-13-12-30(4,26(33)41-31)29(31,2)3/h7-11,14-15H,6,12-13,16-17H2,1-5H3/t30-,31+/m1/s1. The number of rotatable bonds is 8. The van der Waals surface area contributed by atoms with Gasteiger partial charge in [-0.15, -0.1) is 0 Å². The zero-order valence-electron chi connectivity index (χ0n) is 23.7. The van der Waals surface area contributed by atoms with Crippen LogP contribution in [-0.4, -0.2) is 30.8 Å². The van der Waals surface area contributed by atoms with E-state index in [1.54, 1.807) is 36.4 Å². The molecule has 1 aliphatic carbocycles. The molecule has 3 aromatic rings. The molecule has 0 unspecified atom stereocenters. The molecule has 1 aliphatic heterocycles. The molecule has 2 aliphatic rings. The fourth-order valence-electron chi connectivity index (χ4n) is 5.71. The normalized spacial score (nSPS) is 22.3. The van der Waals surface area contributed by atoms with Gasteiger partial charge in [-0.3, -0.25) is 9.59 Å². The highest BCUT2D eigenvalue weighted by Gasteiger charge is 2.76. The van der Waals surface area contributed by atoms with E-state index in [4.69, 9.17) is 23.4 Å². The lowest BCUT2D eigenvalue weighted by molar-refractivity contribution is -0.184. The maximum atomic E-state index is 13.6. The Bertz CT molecular complexity index is 1600. The van der Waals surface area contributed by atoms with Crippen molar-refractivity contribution in [1.82, 2.24) is 0 Å². The molecule has 2 bridgehead atoms. The number of esters is 2. The number of benzene rings is 2. The Labute approximate surface area is 236 Å². The molecule has 0 N–H and O–H groups in total. The molecule has 5 rings (SSSR count). The Kier molecular flexibility index (Phi) is 7.05. The van der Waals surface area contributed by atoms with Gasteiger partial charge in [0.2, 0.25) is 5.60 Å². The zero-order chi connectivity index (χ0) is 29.6. The van der Waals surface area contributed by atoms with Gasteiger partial charge in [-0.05, 0) is 49.6 Å². The quantitative estimate of drug-likeness (QED) is 0.203. The molecule has 0 amide bonds. The van der Waals surface area contributed by atoms with E-state index in [2.05, 4.69) is 4.74 Å². The molecule has 41 heavy (non-hydrogen) atoms. The van der Waals surface area contributed by atoms with E-state index in [1.165, 1.54) is 13.2 Å². The van der Waals surface area contributed by atoms with Crippen molar-refractivity contribution in [3.8, 4) is 11.5 Å². The number of aryl methyl sites for hydroxylation is 1. The van der Waals surface area contributed by atoms with Gasteiger partial charge in [0.1, 0.15) is 36.1 Å². The maximum absolute atomic E-state index is 13.6. The summed E-state index contributed by atoms with van der Waals surface area (Å²) in [6.45, 7) is 7.17. The Balaban J connectivity index is 1.46. The highest BCUT2D eigenvalue weighted by atomic mass is 16.7. The maximum Gasteiger partial charge on any atom is 0.513 e. The molecule has 2 heterocycles. The molecule has 0 spiro atoms. The number of ether oxygens (including phenoxy) is 5. The smallest absolute Gasteiger partial charge is 0.488 e. The van der Waals surface area contributed by atoms with Crippen LogP contribution < -0.4 is 14.9 Å². The average molecular weight is 565 g/mol. The van der Waals surface area contributed by atoms with E-state index in [0.29, 0.717) is 47.3 Å². The number of methoxy groups -OCH3 is 1. The number of hydrogen-bond donors (Lipinski definition) is 0. The Morgan fingerprint density at radius 3 is 2.44 bits per heavy atom. The summed E-state index contributed by atoms with van der Waals surface area (Å²) in [6, 6.07) is 11.4. The molecular weight excluding hydrogens is 532 g/mol. The summed E-state index contributed by atoms with van der Waals surface area (Å²) in [7, 11) is 1.22. The van der Waals surface area contributed by atoms with E-state index >= 15 is 0 Å². The van der Waals surface area contributed by atoms with E-state index in [-0.39, 0.29) is 30.0 Å². The minimum Gasteiger partial charge on any atom is -0.488 e. The summed E-state index contributed by atoms with van der Waals surface area (Å²) < 4.78 is 33.3. The van der Waals surface area contributed by atoms with Gasteiger partial charge in [-0.1, -0.05) is 32.9 Å². The van der Waals surface area contributed by atoms with Crippen molar-refractivity contribution in [1.29, 1.82) is 0 Å². The molecule has 216 valence electrons. The summed E-state index contributed by atoms with van der Waals surface area (Å²) in [5.41, 5.74) is -1.89. The first-order valence-corrected chi connectivity index (χ1v) is 13.4. The van der Waals surface area contributed by atoms with Crippen LogP contribution in [0.15, 0.2) is 51.7 Å². The van der Waals surface area contributed by atoms with Gasteiger partial charge in [0.15, 0.2) is 5.43 Å².